The number of alkyl halides is 3. The number of rotatable bonds is 12. The fraction of sp³-hybridized carbons (Fsp3) is 0.371. The Labute approximate surface area is 277 Å². The topological polar surface area (TPSA) is 81.8 Å². The summed E-state index contributed by atoms with van der Waals surface area (Å²) in [6.07, 6.45) is -0.195. The minimum atomic E-state index is -4.74. The second-order valence-electron chi connectivity index (χ2n) is 11.7. The summed E-state index contributed by atoms with van der Waals surface area (Å²) in [6.45, 7) is 7.29. The number of aromatic nitrogens is 3. The molecule has 5 rings (SSSR count). The molecule has 4 aromatic rings. The highest BCUT2D eigenvalue weighted by Crippen LogP contribution is 2.35. The second kappa shape index (κ2) is 15.1. The minimum absolute atomic E-state index is 0.0893. The molecule has 1 aliphatic heterocycles. The quantitative estimate of drug-likeness (QED) is 0.140. The molecule has 47 heavy (non-hydrogen) atoms. The van der Waals surface area contributed by atoms with E-state index in [4.69, 9.17) is 4.74 Å². The number of hydrogen-bond acceptors (Lipinski definition) is 6. The highest BCUT2D eigenvalue weighted by molar-refractivity contribution is 8.14. The van der Waals surface area contributed by atoms with Crippen LogP contribution in [0.3, 0.4) is 0 Å². The zero-order valence-electron chi connectivity index (χ0n) is 26.8. The Bertz CT molecular complexity index is 1690. The predicted molar refractivity (Wildman–Crippen MR) is 180 cm³/mol. The Hall–Kier alpha value is -4.32. The summed E-state index contributed by atoms with van der Waals surface area (Å²) in [4.78, 5) is 23.8. The molecule has 0 radical (unpaired) electrons. The summed E-state index contributed by atoms with van der Waals surface area (Å²) in [7, 11) is 1.67. The third-order valence-electron chi connectivity index (χ3n) is 7.99. The lowest BCUT2D eigenvalue weighted by molar-refractivity contribution is -0.274. The first kappa shape index (κ1) is 34.0. The van der Waals surface area contributed by atoms with E-state index in [0.717, 1.165) is 53.7 Å². The van der Waals surface area contributed by atoms with Crippen molar-refractivity contribution in [2.24, 2.45) is 4.99 Å². The van der Waals surface area contributed by atoms with E-state index in [0.29, 0.717) is 29.8 Å². The van der Waals surface area contributed by atoms with Crippen molar-refractivity contribution in [3.63, 3.8) is 0 Å². The zero-order valence-corrected chi connectivity index (χ0v) is 27.6. The summed E-state index contributed by atoms with van der Waals surface area (Å²) in [5, 5.41) is 5.24. The van der Waals surface area contributed by atoms with Gasteiger partial charge in [-0.2, -0.15) is 4.99 Å². The molecule has 0 bridgehead atoms. The lowest BCUT2D eigenvalue weighted by atomic mass is 9.94. The maximum absolute atomic E-state index is 12.8. The number of ether oxygens (including phenoxy) is 2. The summed E-state index contributed by atoms with van der Waals surface area (Å²) in [5.41, 5.74) is 4.82. The predicted octanol–water partition coefficient (Wildman–Crippen LogP) is 8.76. The third kappa shape index (κ3) is 8.94. The number of methoxy groups -OCH3 is 1. The van der Waals surface area contributed by atoms with Crippen LogP contribution in [0.1, 0.15) is 69.4 Å². The van der Waals surface area contributed by atoms with Crippen molar-refractivity contribution < 1.29 is 27.4 Å². The Morgan fingerprint density at radius 3 is 2.40 bits per heavy atom. The van der Waals surface area contributed by atoms with Gasteiger partial charge < -0.3 is 14.4 Å². The number of aliphatic imine (C=N–C) groups is 1. The van der Waals surface area contributed by atoms with Crippen LogP contribution in [0.15, 0.2) is 78.0 Å². The Morgan fingerprint density at radius 1 is 1.00 bits per heavy atom. The standard InChI is InChI=1S/C35H38F3N5O3S/c1-23(2)30-21-29(45-4)17-18-31(30)42-19-20-47-34(42)40-32(44)8-6-5-7-24(3)25-9-11-26(12-10-25)33-39-22-43(41-33)27-13-15-28(16-14-27)46-35(36,37)38/h9-18,21-24H,5-8,19-20H2,1-4H3. The number of amides is 1. The number of carbonyl (C=O) groups excluding carboxylic acids is 1. The van der Waals surface area contributed by atoms with E-state index in [1.54, 1.807) is 18.9 Å². The molecule has 1 fully saturated rings. The molecule has 3 aromatic carbocycles. The average molecular weight is 666 g/mol. The van der Waals surface area contributed by atoms with Crippen molar-refractivity contribution in [2.45, 2.75) is 64.7 Å². The van der Waals surface area contributed by atoms with E-state index in [-0.39, 0.29) is 11.7 Å². The number of halogens is 3. The molecule has 8 nitrogen and oxygen atoms in total. The van der Waals surface area contributed by atoms with Gasteiger partial charge in [0.15, 0.2) is 11.0 Å². The molecule has 1 aliphatic rings. The molecule has 12 heteroatoms. The first-order chi connectivity index (χ1) is 22.5. The number of hydrogen-bond donors (Lipinski definition) is 0. The van der Waals surface area contributed by atoms with Gasteiger partial charge in [-0.1, -0.05) is 63.2 Å². The minimum Gasteiger partial charge on any atom is -0.497 e. The van der Waals surface area contributed by atoms with Gasteiger partial charge >= 0.3 is 6.36 Å². The molecule has 2 heterocycles. The van der Waals surface area contributed by atoms with Crippen LogP contribution in [0.5, 0.6) is 11.5 Å². The molecule has 0 aliphatic carbocycles. The number of amidine groups is 1. The van der Waals surface area contributed by atoms with Crippen LogP contribution in [0.2, 0.25) is 0 Å². The number of anilines is 1. The van der Waals surface area contributed by atoms with Gasteiger partial charge in [0.05, 0.1) is 12.8 Å². The zero-order chi connectivity index (χ0) is 33.6. The van der Waals surface area contributed by atoms with E-state index in [1.807, 2.05) is 18.2 Å². The van der Waals surface area contributed by atoms with E-state index >= 15 is 0 Å². The van der Waals surface area contributed by atoms with Crippen LogP contribution in [0.4, 0.5) is 18.9 Å². The van der Waals surface area contributed by atoms with Gasteiger partial charge in [-0.15, -0.1) is 18.3 Å². The molecule has 1 atom stereocenters. The van der Waals surface area contributed by atoms with Crippen molar-refractivity contribution in [2.75, 3.05) is 24.3 Å². The summed E-state index contributed by atoms with van der Waals surface area (Å²) in [6, 6.07) is 19.5. The van der Waals surface area contributed by atoms with E-state index in [2.05, 4.69) is 69.7 Å². The van der Waals surface area contributed by atoms with Crippen LogP contribution in [0.25, 0.3) is 17.1 Å². The maximum atomic E-state index is 12.8. The van der Waals surface area contributed by atoms with Crippen LogP contribution in [-0.2, 0) is 4.79 Å². The first-order valence-electron chi connectivity index (χ1n) is 15.6. The van der Waals surface area contributed by atoms with Gasteiger partial charge in [0.2, 0.25) is 5.91 Å². The largest absolute Gasteiger partial charge is 0.573 e. The highest BCUT2D eigenvalue weighted by Gasteiger charge is 2.31. The molecule has 0 saturated carbocycles. The van der Waals surface area contributed by atoms with Crippen molar-refractivity contribution >= 4 is 28.5 Å². The summed E-state index contributed by atoms with van der Waals surface area (Å²) in [5.74, 6) is 2.44. The Morgan fingerprint density at radius 2 is 1.72 bits per heavy atom. The molecule has 1 unspecified atom stereocenters. The van der Waals surface area contributed by atoms with Gasteiger partial charge in [0.1, 0.15) is 17.8 Å². The highest BCUT2D eigenvalue weighted by atomic mass is 32.2. The summed E-state index contributed by atoms with van der Waals surface area (Å²) < 4.78 is 48.1. The first-order valence-corrected chi connectivity index (χ1v) is 16.6. The number of nitrogens with zero attached hydrogens (tertiary/aromatic N) is 5. The molecule has 1 amide bonds. The van der Waals surface area contributed by atoms with E-state index in [9.17, 15) is 18.0 Å². The number of unbranched alkanes of at least 4 members (excludes halogenated alkanes) is 1. The summed E-state index contributed by atoms with van der Waals surface area (Å²) >= 11 is 1.62. The molecule has 1 saturated heterocycles. The van der Waals surface area contributed by atoms with Crippen molar-refractivity contribution in [1.82, 2.24) is 14.8 Å². The number of thioether (sulfide) groups is 1. The Balaban J connectivity index is 1.11. The van der Waals surface area contributed by atoms with E-state index < -0.39 is 6.36 Å². The second-order valence-corrected chi connectivity index (χ2v) is 12.8. The fourth-order valence-corrected chi connectivity index (χ4v) is 6.39. The maximum Gasteiger partial charge on any atom is 0.573 e. The monoisotopic (exact) mass is 665 g/mol. The average Bonchev–Trinajstić information content (AvgIpc) is 3.73. The van der Waals surface area contributed by atoms with Gasteiger partial charge in [-0.05, 0) is 78.3 Å². The fourth-order valence-electron chi connectivity index (χ4n) is 5.42. The molecular formula is C35H38F3N5O3S. The van der Waals surface area contributed by atoms with Crippen LogP contribution >= 0.6 is 11.8 Å². The Kier molecular flexibility index (Phi) is 10.9. The van der Waals surface area contributed by atoms with Crippen molar-refractivity contribution in [3.8, 4) is 28.6 Å². The van der Waals surface area contributed by atoms with Gasteiger partial charge in [0, 0.05) is 30.0 Å². The third-order valence-corrected chi connectivity index (χ3v) is 8.94. The molecule has 1 aromatic heterocycles. The van der Waals surface area contributed by atoms with Crippen LogP contribution < -0.4 is 14.4 Å². The lowest BCUT2D eigenvalue weighted by Crippen LogP contribution is -2.26. The smallest absolute Gasteiger partial charge is 0.497 e. The molecule has 248 valence electrons. The van der Waals surface area contributed by atoms with Crippen LogP contribution in [-0.4, -0.2) is 51.6 Å². The molecule has 0 N–H and O–H groups in total. The van der Waals surface area contributed by atoms with Gasteiger partial charge in [0.25, 0.3) is 0 Å². The number of benzene rings is 3. The lowest BCUT2D eigenvalue weighted by Gasteiger charge is -2.23. The van der Waals surface area contributed by atoms with Crippen molar-refractivity contribution in [3.05, 3.63) is 84.2 Å². The van der Waals surface area contributed by atoms with Crippen molar-refractivity contribution in [1.29, 1.82) is 0 Å². The molecular weight excluding hydrogens is 627 g/mol. The van der Waals surface area contributed by atoms with Crippen LogP contribution in [0, 0.1) is 0 Å². The SMILES string of the molecule is COc1ccc(N2CCSC2=NC(=O)CCCCC(C)c2ccc(-c3ncn(-c4ccc(OC(F)(F)F)cc4)n3)cc2)c(C(C)C)c1. The van der Waals surface area contributed by atoms with E-state index in [1.165, 1.54) is 46.4 Å². The molecule has 0 spiro atoms. The van der Waals surface area contributed by atoms with Gasteiger partial charge in [-0.25, -0.2) is 9.67 Å². The number of carbonyl (C=O) groups is 1. The normalized spacial score (nSPS) is 15.0. The van der Waals surface area contributed by atoms with Gasteiger partial charge in [-0.3, -0.25) is 4.79 Å².